The zero-order chi connectivity index (χ0) is 18.4. The second-order valence-corrected chi connectivity index (χ2v) is 4.43. The van der Waals surface area contributed by atoms with Gasteiger partial charge in [-0.05, 0) is 24.3 Å². The zero-order valence-electron chi connectivity index (χ0n) is 12.5. The molecule has 25 heavy (non-hydrogen) atoms. The van der Waals surface area contributed by atoms with Crippen LogP contribution in [0, 0.1) is 11.3 Å². The number of aromatic amines is 3. The summed E-state index contributed by atoms with van der Waals surface area (Å²) >= 11 is 0. The molecule has 12 nitrogen and oxygen atoms in total. The lowest BCUT2D eigenvalue weighted by atomic mass is 10.1. The molecule has 1 aromatic carbocycles. The van der Waals surface area contributed by atoms with Crippen molar-refractivity contribution in [2.24, 2.45) is 0 Å². The predicted molar refractivity (Wildman–Crippen MR) is 87.1 cm³/mol. The molecule has 3 rings (SSSR count). The lowest BCUT2D eigenvalue weighted by Crippen LogP contribution is -2.34. The van der Waals surface area contributed by atoms with Gasteiger partial charge in [-0.3, -0.25) is 15.0 Å². The van der Waals surface area contributed by atoms with E-state index in [2.05, 4.69) is 15.0 Å². The minimum absolute atomic E-state index is 0.0758. The Morgan fingerprint density at radius 2 is 1.24 bits per heavy atom. The first-order valence-corrected chi connectivity index (χ1v) is 6.58. The summed E-state index contributed by atoms with van der Waals surface area (Å²) in [6.07, 6.45) is 0. The van der Waals surface area contributed by atoms with Crippen molar-refractivity contribution >= 4 is 11.9 Å². The molecule has 0 saturated carbocycles. The van der Waals surface area contributed by atoms with E-state index in [9.17, 15) is 14.4 Å². The van der Waals surface area contributed by atoms with Gasteiger partial charge in [-0.1, -0.05) is 0 Å². The fourth-order valence-corrected chi connectivity index (χ4v) is 1.64. The number of anilines is 2. The Labute approximate surface area is 138 Å². The smallest absolute Gasteiger partial charge is 0.330 e. The van der Waals surface area contributed by atoms with Crippen molar-refractivity contribution in [3.63, 3.8) is 0 Å². The quantitative estimate of drug-likeness (QED) is 0.341. The number of nitrogens with two attached hydrogens (primary N) is 2. The summed E-state index contributed by atoms with van der Waals surface area (Å²) in [4.78, 5) is 47.5. The third-order valence-electron chi connectivity index (χ3n) is 2.62. The molecule has 0 aliphatic rings. The molecule has 0 atom stereocenters. The second kappa shape index (κ2) is 7.33. The number of nitrogen functional groups attached to an aromatic ring is 2. The molecule has 0 saturated heterocycles. The lowest BCUT2D eigenvalue weighted by Gasteiger charge is -2.01. The van der Waals surface area contributed by atoms with Crippen molar-refractivity contribution in [1.29, 1.82) is 5.26 Å². The second-order valence-electron chi connectivity index (χ2n) is 4.43. The van der Waals surface area contributed by atoms with Crippen LogP contribution in [0.4, 0.5) is 11.9 Å². The summed E-state index contributed by atoms with van der Waals surface area (Å²) in [5, 5.41) is 8.66. The van der Waals surface area contributed by atoms with Crippen LogP contribution in [0.25, 0.3) is 11.4 Å². The van der Waals surface area contributed by atoms with Gasteiger partial charge >= 0.3 is 17.1 Å². The van der Waals surface area contributed by atoms with Crippen molar-refractivity contribution in [3.8, 4) is 17.5 Å². The van der Waals surface area contributed by atoms with Crippen molar-refractivity contribution < 1.29 is 0 Å². The largest absolute Gasteiger partial charge is 0.368 e. The highest BCUT2D eigenvalue weighted by atomic mass is 16.2. The Hall–Kier alpha value is -4.27. The summed E-state index contributed by atoms with van der Waals surface area (Å²) in [6.45, 7) is 0. The first-order chi connectivity index (χ1) is 11.9. The van der Waals surface area contributed by atoms with E-state index < -0.39 is 17.1 Å². The average Bonchev–Trinajstić information content (AvgIpc) is 2.53. The van der Waals surface area contributed by atoms with Crippen LogP contribution in [-0.2, 0) is 0 Å². The fraction of sp³-hybridized carbons (Fsp3) is 0. The van der Waals surface area contributed by atoms with Gasteiger partial charge in [0.05, 0.1) is 11.6 Å². The molecule has 7 N–H and O–H groups in total. The Morgan fingerprint density at radius 1 is 0.800 bits per heavy atom. The van der Waals surface area contributed by atoms with Gasteiger partial charge in [0.2, 0.25) is 11.9 Å². The van der Waals surface area contributed by atoms with Gasteiger partial charge in [-0.2, -0.15) is 20.2 Å². The number of benzene rings is 1. The third kappa shape index (κ3) is 4.86. The molecule has 0 amide bonds. The van der Waals surface area contributed by atoms with Crippen LogP contribution in [0.2, 0.25) is 0 Å². The maximum Gasteiger partial charge on any atom is 0.330 e. The zero-order valence-corrected chi connectivity index (χ0v) is 12.5. The minimum Gasteiger partial charge on any atom is -0.368 e. The van der Waals surface area contributed by atoms with Crippen molar-refractivity contribution in [1.82, 2.24) is 29.9 Å². The molecule has 0 bridgehead atoms. The standard InChI is InChI=1S/C10H8N6.C3H3N3O3/c11-5-6-1-3-7(4-2-6)8-14-9(12)16-10(13)15-8;7-1-4-2(8)6-3(9)5-1/h1-4H,(H4,12,13,14,15,16);(H3,4,5,6,7,8,9). The lowest BCUT2D eigenvalue weighted by molar-refractivity contribution is 0.888. The van der Waals surface area contributed by atoms with E-state index in [0.29, 0.717) is 11.4 Å². The number of aromatic nitrogens is 6. The fourth-order valence-electron chi connectivity index (χ4n) is 1.64. The Kier molecular flexibility index (Phi) is 5.01. The first-order valence-electron chi connectivity index (χ1n) is 6.58. The molecular formula is C13H11N9O3. The third-order valence-corrected chi connectivity index (χ3v) is 2.62. The molecule has 0 fully saturated rings. The van der Waals surface area contributed by atoms with Crippen LogP contribution >= 0.6 is 0 Å². The van der Waals surface area contributed by atoms with Crippen molar-refractivity contribution in [3.05, 3.63) is 61.3 Å². The van der Waals surface area contributed by atoms with E-state index in [1.807, 2.05) is 6.07 Å². The van der Waals surface area contributed by atoms with Gasteiger partial charge in [0, 0.05) is 5.56 Å². The number of hydrogen-bond donors (Lipinski definition) is 5. The Balaban J connectivity index is 0.000000212. The topological polar surface area (TPSA) is 213 Å². The molecule has 3 aromatic rings. The molecule has 126 valence electrons. The molecule has 0 aliphatic carbocycles. The van der Waals surface area contributed by atoms with Crippen LogP contribution in [0.15, 0.2) is 38.6 Å². The maximum absolute atomic E-state index is 10.2. The molecule has 0 aliphatic heterocycles. The van der Waals surface area contributed by atoms with Gasteiger partial charge in [0.15, 0.2) is 5.82 Å². The number of nitriles is 1. The highest BCUT2D eigenvalue weighted by Crippen LogP contribution is 2.16. The normalized spacial score (nSPS) is 9.56. The summed E-state index contributed by atoms with van der Waals surface area (Å²) in [5.74, 6) is 0.549. The number of nitrogens with zero attached hydrogens (tertiary/aromatic N) is 4. The molecule has 0 spiro atoms. The highest BCUT2D eigenvalue weighted by Gasteiger charge is 2.04. The van der Waals surface area contributed by atoms with Gasteiger partial charge in [0.1, 0.15) is 0 Å². The minimum atomic E-state index is -0.802. The Bertz CT molecular complexity index is 991. The van der Waals surface area contributed by atoms with E-state index in [4.69, 9.17) is 16.7 Å². The summed E-state index contributed by atoms with van der Waals surface area (Å²) in [6, 6.07) is 8.83. The molecule has 2 heterocycles. The van der Waals surface area contributed by atoms with Crippen molar-refractivity contribution in [2.45, 2.75) is 0 Å². The van der Waals surface area contributed by atoms with Crippen LogP contribution < -0.4 is 28.5 Å². The molecule has 0 radical (unpaired) electrons. The van der Waals surface area contributed by atoms with E-state index in [1.165, 1.54) is 0 Å². The maximum atomic E-state index is 10.2. The average molecular weight is 341 g/mol. The number of nitrogens with one attached hydrogen (secondary N) is 3. The number of H-pyrrole nitrogens is 3. The number of hydrogen-bond acceptors (Lipinski definition) is 9. The first kappa shape index (κ1) is 17.1. The summed E-state index contributed by atoms with van der Waals surface area (Å²) < 4.78 is 0. The van der Waals surface area contributed by atoms with E-state index in [1.54, 1.807) is 39.2 Å². The monoisotopic (exact) mass is 341 g/mol. The summed E-state index contributed by atoms with van der Waals surface area (Å²) in [7, 11) is 0. The van der Waals surface area contributed by atoms with Crippen LogP contribution in [-0.4, -0.2) is 29.9 Å². The molecule has 0 unspecified atom stereocenters. The van der Waals surface area contributed by atoms with E-state index in [0.717, 1.165) is 5.56 Å². The van der Waals surface area contributed by atoms with Gasteiger partial charge < -0.3 is 11.5 Å². The van der Waals surface area contributed by atoms with E-state index >= 15 is 0 Å². The van der Waals surface area contributed by atoms with Crippen LogP contribution in [0.3, 0.4) is 0 Å². The summed E-state index contributed by atoms with van der Waals surface area (Å²) in [5.41, 5.74) is 9.81. The predicted octanol–water partition coefficient (Wildman–Crippen LogP) is -1.67. The van der Waals surface area contributed by atoms with Gasteiger partial charge in [-0.25, -0.2) is 14.4 Å². The van der Waals surface area contributed by atoms with Crippen LogP contribution in [0.5, 0.6) is 0 Å². The molecular weight excluding hydrogens is 330 g/mol. The van der Waals surface area contributed by atoms with Crippen LogP contribution in [0.1, 0.15) is 5.56 Å². The van der Waals surface area contributed by atoms with Crippen molar-refractivity contribution in [2.75, 3.05) is 11.5 Å². The SMILES string of the molecule is N#Cc1ccc(-c2nc(N)nc(N)n2)cc1.O=c1[nH]c(=O)[nH]c(=O)[nH]1. The molecule has 2 aromatic heterocycles. The van der Waals surface area contributed by atoms with E-state index in [-0.39, 0.29) is 11.9 Å². The van der Waals surface area contributed by atoms with Gasteiger partial charge in [-0.15, -0.1) is 0 Å². The highest BCUT2D eigenvalue weighted by molar-refractivity contribution is 5.58. The van der Waals surface area contributed by atoms with Gasteiger partial charge in [0.25, 0.3) is 0 Å². The molecule has 12 heteroatoms. The Morgan fingerprint density at radius 3 is 1.64 bits per heavy atom. The number of rotatable bonds is 1.